The maximum Gasteiger partial charge on any atom is 0.352 e. The molecule has 0 amide bonds. The van der Waals surface area contributed by atoms with E-state index in [1.165, 1.54) is 51.4 Å². The molecule has 2 heterocycles. The largest absolute Gasteiger partial charge is 0.457 e. The SMILES string of the molecule is CCCCCCCCOC(=S)OCC(COC(=S)OCCCCCCCC)OCn1cnc2c(NC)nc(NC)nc21. The summed E-state index contributed by atoms with van der Waals surface area (Å²) in [7, 11) is 3.55. The summed E-state index contributed by atoms with van der Waals surface area (Å²) >= 11 is 10.6. The molecule has 0 fully saturated rings. The van der Waals surface area contributed by atoms with Crippen LogP contribution in [0, 0.1) is 0 Å². The summed E-state index contributed by atoms with van der Waals surface area (Å²) in [5.41, 5.74) is 1.26. The molecule has 0 aliphatic rings. The molecule has 0 saturated heterocycles. The second-order valence-corrected chi connectivity index (χ2v) is 10.7. The number of hydrogen-bond acceptors (Lipinski definition) is 12. The first-order valence-corrected chi connectivity index (χ1v) is 16.1. The van der Waals surface area contributed by atoms with Crippen molar-refractivity contribution in [2.75, 3.05) is 51.2 Å². The lowest BCUT2D eigenvalue weighted by molar-refractivity contribution is -0.0517. The number of nitrogens with zero attached hydrogens (tertiary/aromatic N) is 4. The average Bonchev–Trinajstić information content (AvgIpc) is 3.42. The van der Waals surface area contributed by atoms with Gasteiger partial charge in [-0.05, 0) is 12.8 Å². The molecule has 0 saturated carbocycles. The molecule has 2 rings (SSSR count). The van der Waals surface area contributed by atoms with E-state index in [0.717, 1.165) is 25.7 Å². The van der Waals surface area contributed by atoms with Gasteiger partial charge in [0.1, 0.15) is 26.0 Å². The number of imidazole rings is 1. The smallest absolute Gasteiger partial charge is 0.352 e. The van der Waals surface area contributed by atoms with Crippen LogP contribution in [0.25, 0.3) is 11.2 Å². The Kier molecular flexibility index (Phi) is 18.8. The van der Waals surface area contributed by atoms with Crippen LogP contribution in [0.1, 0.15) is 90.9 Å². The fourth-order valence-corrected chi connectivity index (χ4v) is 4.44. The Labute approximate surface area is 261 Å². The minimum atomic E-state index is -0.511. The van der Waals surface area contributed by atoms with Crippen molar-refractivity contribution in [3.63, 3.8) is 0 Å². The van der Waals surface area contributed by atoms with Crippen molar-refractivity contribution in [1.82, 2.24) is 19.5 Å². The van der Waals surface area contributed by atoms with Gasteiger partial charge in [-0.2, -0.15) is 9.97 Å². The first-order valence-electron chi connectivity index (χ1n) is 15.3. The topological polar surface area (TPSA) is 114 Å². The van der Waals surface area contributed by atoms with Gasteiger partial charge in [0.05, 0.1) is 19.5 Å². The molecule has 0 aliphatic heterocycles. The van der Waals surface area contributed by atoms with Crippen LogP contribution in [-0.4, -0.2) is 76.6 Å². The van der Waals surface area contributed by atoms with Gasteiger partial charge < -0.3 is 34.3 Å². The highest BCUT2D eigenvalue weighted by Crippen LogP contribution is 2.20. The van der Waals surface area contributed by atoms with Crippen molar-refractivity contribution in [3.8, 4) is 0 Å². The van der Waals surface area contributed by atoms with Gasteiger partial charge in [-0.15, -0.1) is 0 Å². The lowest BCUT2D eigenvalue weighted by atomic mass is 10.1. The van der Waals surface area contributed by atoms with Crippen LogP contribution in [-0.2, 0) is 30.4 Å². The third kappa shape index (κ3) is 14.1. The second kappa shape index (κ2) is 22.1. The fraction of sp³-hybridized carbons (Fsp3) is 0.759. The molecule has 2 N–H and O–H groups in total. The molecular weight excluding hydrogens is 576 g/mol. The predicted octanol–water partition coefficient (Wildman–Crippen LogP) is 6.61. The highest BCUT2D eigenvalue weighted by atomic mass is 32.1. The number of thiocarbonyl (C=S) groups is 2. The molecule has 0 atom stereocenters. The van der Waals surface area contributed by atoms with E-state index in [1.807, 2.05) is 0 Å². The molecule has 238 valence electrons. The Morgan fingerprint density at radius 2 is 1.31 bits per heavy atom. The minimum Gasteiger partial charge on any atom is -0.457 e. The lowest BCUT2D eigenvalue weighted by Crippen LogP contribution is -2.29. The zero-order valence-electron chi connectivity index (χ0n) is 25.8. The number of hydrogen-bond donors (Lipinski definition) is 2. The number of ether oxygens (including phenoxy) is 5. The molecule has 42 heavy (non-hydrogen) atoms. The first-order chi connectivity index (χ1) is 20.5. The third-order valence-corrected chi connectivity index (χ3v) is 7.05. The van der Waals surface area contributed by atoms with Crippen LogP contribution in [0.4, 0.5) is 11.8 Å². The van der Waals surface area contributed by atoms with E-state index in [0.29, 0.717) is 36.1 Å². The Hall–Kier alpha value is -2.51. The molecule has 0 bridgehead atoms. The van der Waals surface area contributed by atoms with Crippen LogP contribution in [0.5, 0.6) is 0 Å². The minimum absolute atomic E-state index is 0.0946. The van der Waals surface area contributed by atoms with Gasteiger partial charge in [0.15, 0.2) is 17.0 Å². The normalized spacial score (nSPS) is 11.1. The predicted molar refractivity (Wildman–Crippen MR) is 175 cm³/mol. The number of aromatic nitrogens is 4. The summed E-state index contributed by atoms with van der Waals surface area (Å²) < 4.78 is 30.5. The number of unbranched alkanes of at least 4 members (excludes halogenated alkanes) is 10. The van der Waals surface area contributed by atoms with E-state index >= 15 is 0 Å². The Morgan fingerprint density at radius 3 is 1.83 bits per heavy atom. The van der Waals surface area contributed by atoms with Gasteiger partial charge in [0.2, 0.25) is 5.95 Å². The van der Waals surface area contributed by atoms with Gasteiger partial charge in [-0.1, -0.05) is 78.1 Å². The number of fused-ring (bicyclic) bond motifs is 1. The van der Waals surface area contributed by atoms with E-state index in [2.05, 4.69) is 39.4 Å². The Balaban J connectivity index is 1.88. The Bertz CT molecular complexity index is 1010. The second-order valence-electron chi connectivity index (χ2n) is 10.1. The molecule has 13 heteroatoms. The zero-order valence-corrected chi connectivity index (χ0v) is 27.5. The van der Waals surface area contributed by atoms with Gasteiger partial charge in [0, 0.05) is 38.5 Å². The molecule has 11 nitrogen and oxygen atoms in total. The molecule has 0 aromatic carbocycles. The molecule has 2 aromatic heterocycles. The van der Waals surface area contributed by atoms with Gasteiger partial charge in [-0.25, -0.2) is 4.98 Å². The number of anilines is 2. The number of rotatable bonds is 23. The van der Waals surface area contributed by atoms with E-state index in [1.54, 1.807) is 25.0 Å². The van der Waals surface area contributed by atoms with Crippen LogP contribution >= 0.6 is 24.4 Å². The van der Waals surface area contributed by atoms with Crippen molar-refractivity contribution in [3.05, 3.63) is 6.33 Å². The summed E-state index contributed by atoms with van der Waals surface area (Å²) in [5.74, 6) is 1.09. The van der Waals surface area contributed by atoms with Crippen molar-refractivity contribution in [2.45, 2.75) is 104 Å². The summed E-state index contributed by atoms with van der Waals surface area (Å²) in [6.45, 7) is 5.89. The highest BCUT2D eigenvalue weighted by Gasteiger charge is 2.17. The standard InChI is InChI=1S/C29H50N6O5S2/c1-5-7-9-11-13-15-17-36-28(41)38-19-23(20-39-29(42)37-18-16-14-12-10-8-6-2)40-22-35-21-32-24-25(30-3)33-27(31-4)34-26(24)35/h21,23H,5-20,22H2,1-4H3,(H2,30,31,33,34). The van der Waals surface area contributed by atoms with E-state index in [-0.39, 0.29) is 30.4 Å². The van der Waals surface area contributed by atoms with Crippen molar-refractivity contribution in [1.29, 1.82) is 0 Å². The molecular formula is C29H50N6O5S2. The maximum atomic E-state index is 6.14. The van der Waals surface area contributed by atoms with Gasteiger partial charge in [-0.3, -0.25) is 4.57 Å². The van der Waals surface area contributed by atoms with Crippen LogP contribution in [0.3, 0.4) is 0 Å². The summed E-state index contributed by atoms with van der Waals surface area (Å²) in [6, 6.07) is 0. The van der Waals surface area contributed by atoms with Crippen molar-refractivity contribution >= 4 is 57.8 Å². The average molecular weight is 627 g/mol. The Morgan fingerprint density at radius 1 is 0.762 bits per heavy atom. The lowest BCUT2D eigenvalue weighted by Gasteiger charge is -2.20. The molecule has 0 unspecified atom stereocenters. The monoisotopic (exact) mass is 626 g/mol. The fourth-order valence-electron chi connectivity index (χ4n) is 4.14. The first kappa shape index (κ1) is 35.7. The molecule has 0 spiro atoms. The van der Waals surface area contributed by atoms with Gasteiger partial charge in [0.25, 0.3) is 0 Å². The molecule has 0 aliphatic carbocycles. The van der Waals surface area contributed by atoms with Crippen molar-refractivity contribution < 1.29 is 23.7 Å². The van der Waals surface area contributed by atoms with Gasteiger partial charge >= 0.3 is 10.5 Å². The van der Waals surface area contributed by atoms with Crippen LogP contribution in [0.2, 0.25) is 0 Å². The van der Waals surface area contributed by atoms with E-state index in [4.69, 9.17) is 48.1 Å². The third-order valence-electron chi connectivity index (χ3n) is 6.58. The van der Waals surface area contributed by atoms with Crippen LogP contribution < -0.4 is 10.6 Å². The summed E-state index contributed by atoms with van der Waals surface area (Å²) in [6.07, 6.45) is 15.2. The van der Waals surface area contributed by atoms with Crippen LogP contribution in [0.15, 0.2) is 6.33 Å². The van der Waals surface area contributed by atoms with Crippen molar-refractivity contribution in [2.24, 2.45) is 0 Å². The quantitative estimate of drug-likeness (QED) is 0.102. The van der Waals surface area contributed by atoms with E-state index < -0.39 is 6.10 Å². The zero-order chi connectivity index (χ0) is 30.4. The highest BCUT2D eigenvalue weighted by molar-refractivity contribution is 7.79. The maximum absolute atomic E-state index is 6.14. The molecule has 2 aromatic rings. The summed E-state index contributed by atoms with van der Waals surface area (Å²) in [4.78, 5) is 13.4. The van der Waals surface area contributed by atoms with E-state index in [9.17, 15) is 0 Å². The number of nitrogens with one attached hydrogen (secondary N) is 2. The molecule has 0 radical (unpaired) electrons. The summed E-state index contributed by atoms with van der Waals surface area (Å²) in [5, 5.41) is 6.21.